The predicted octanol–water partition coefficient (Wildman–Crippen LogP) is 4.47. The maximum absolute atomic E-state index is 13.1. The molecule has 0 radical (unpaired) electrons. The normalized spacial score (nSPS) is 10.9. The third-order valence-electron chi connectivity index (χ3n) is 4.42. The van der Waals surface area contributed by atoms with Gasteiger partial charge >= 0.3 is 0 Å². The lowest BCUT2D eigenvalue weighted by Crippen LogP contribution is -2.26. The van der Waals surface area contributed by atoms with E-state index in [0.717, 1.165) is 4.31 Å². The summed E-state index contributed by atoms with van der Waals surface area (Å²) in [7, 11) is -2.58. The van der Waals surface area contributed by atoms with E-state index in [4.69, 9.17) is 4.74 Å². The van der Waals surface area contributed by atoms with Gasteiger partial charge in [-0.2, -0.15) is 0 Å². The van der Waals surface area contributed by atoms with Crippen molar-refractivity contribution in [1.82, 2.24) is 0 Å². The summed E-state index contributed by atoms with van der Waals surface area (Å²) in [5.74, 6) is -0.287. The van der Waals surface area contributed by atoms with Crippen LogP contribution in [0.2, 0.25) is 0 Å². The summed E-state index contributed by atoms with van der Waals surface area (Å²) in [5.41, 5.74) is 1.02. The summed E-state index contributed by atoms with van der Waals surface area (Å²) < 4.78 is 45.5. The van der Waals surface area contributed by atoms with Gasteiger partial charge in [-0.15, -0.1) is 0 Å². The fraction of sp³-hybridized carbons (Fsp3) is 0.0870. The molecule has 31 heavy (non-hydrogen) atoms. The Balaban J connectivity index is 1.77. The number of rotatable bonds is 8. The number of anilines is 2. The Morgan fingerprint density at radius 1 is 1.10 bits per heavy atom. The number of hydrogen-bond acceptors (Lipinski definition) is 4. The smallest absolute Gasteiger partial charge is 0.264 e. The first-order valence-electron chi connectivity index (χ1n) is 9.31. The van der Waals surface area contributed by atoms with Crippen LogP contribution in [0.15, 0.2) is 90.3 Å². The minimum absolute atomic E-state index is 0.0554. The van der Waals surface area contributed by atoms with Crippen LogP contribution < -0.4 is 14.4 Å². The van der Waals surface area contributed by atoms with Gasteiger partial charge in [0.2, 0.25) is 0 Å². The van der Waals surface area contributed by atoms with E-state index < -0.39 is 21.7 Å². The Bertz CT molecular complexity index is 1180. The Hall–Kier alpha value is -3.65. The van der Waals surface area contributed by atoms with Gasteiger partial charge in [0.1, 0.15) is 18.2 Å². The number of hydrogen-bond donors (Lipinski definition) is 1. The maximum atomic E-state index is 13.1. The van der Waals surface area contributed by atoms with Crippen molar-refractivity contribution in [3.63, 3.8) is 0 Å². The molecule has 0 unspecified atom stereocenters. The zero-order chi connectivity index (χ0) is 22.4. The van der Waals surface area contributed by atoms with Crippen LogP contribution in [0.1, 0.15) is 10.4 Å². The molecule has 0 saturated carbocycles. The molecule has 0 aliphatic carbocycles. The predicted molar refractivity (Wildman–Crippen MR) is 119 cm³/mol. The van der Waals surface area contributed by atoms with E-state index in [-0.39, 0.29) is 10.5 Å². The molecule has 0 aliphatic rings. The standard InChI is InChI=1S/C23H21FN2O4S/c1-3-15-30-21-13-9-19(10-14-21)25-23(27)17-5-4-6-22(16-17)31(28,29)26(2)20-11-7-18(24)8-12-20/h3-14,16H,1,15H2,2H3,(H,25,27). The van der Waals surface area contributed by atoms with Gasteiger partial charge in [-0.3, -0.25) is 9.10 Å². The SMILES string of the molecule is C=CCOc1ccc(NC(=O)c2cccc(S(=O)(=O)N(C)c3ccc(F)cc3)c2)cc1. The number of nitrogens with zero attached hydrogens (tertiary/aromatic N) is 1. The maximum Gasteiger partial charge on any atom is 0.264 e. The second-order valence-corrected chi connectivity index (χ2v) is 8.52. The molecule has 0 aliphatic heterocycles. The molecule has 0 atom stereocenters. The fourth-order valence-corrected chi connectivity index (χ4v) is 3.98. The summed E-state index contributed by atoms with van der Waals surface area (Å²) in [6, 6.07) is 17.6. The first-order chi connectivity index (χ1) is 14.8. The monoisotopic (exact) mass is 440 g/mol. The van der Waals surface area contributed by atoms with Crippen molar-refractivity contribution < 1.29 is 22.3 Å². The molecule has 8 heteroatoms. The minimum atomic E-state index is -3.94. The van der Waals surface area contributed by atoms with Crippen LogP contribution in [0.5, 0.6) is 5.75 Å². The molecule has 160 valence electrons. The highest BCUT2D eigenvalue weighted by molar-refractivity contribution is 7.92. The third-order valence-corrected chi connectivity index (χ3v) is 6.21. The van der Waals surface area contributed by atoms with Crippen molar-refractivity contribution >= 4 is 27.3 Å². The van der Waals surface area contributed by atoms with Gasteiger partial charge < -0.3 is 10.1 Å². The molecule has 6 nitrogen and oxygen atoms in total. The average Bonchev–Trinajstić information content (AvgIpc) is 2.78. The molecule has 1 amide bonds. The van der Waals surface area contributed by atoms with Crippen LogP contribution in [-0.2, 0) is 10.0 Å². The van der Waals surface area contributed by atoms with Crippen LogP contribution in [0, 0.1) is 5.82 Å². The van der Waals surface area contributed by atoms with Gasteiger partial charge in [-0.1, -0.05) is 18.7 Å². The van der Waals surface area contributed by atoms with Crippen molar-refractivity contribution in [3.05, 3.63) is 96.8 Å². The van der Waals surface area contributed by atoms with Gasteiger partial charge in [0, 0.05) is 18.3 Å². The molecule has 3 rings (SSSR count). The lowest BCUT2D eigenvalue weighted by Gasteiger charge is -2.19. The highest BCUT2D eigenvalue weighted by Crippen LogP contribution is 2.23. The van der Waals surface area contributed by atoms with Gasteiger partial charge in [0.15, 0.2) is 0 Å². The molecule has 0 saturated heterocycles. The van der Waals surface area contributed by atoms with Crippen LogP contribution in [0.25, 0.3) is 0 Å². The molecular weight excluding hydrogens is 419 g/mol. The van der Waals surface area contributed by atoms with Gasteiger partial charge in [0.25, 0.3) is 15.9 Å². The molecule has 0 spiro atoms. The van der Waals surface area contributed by atoms with E-state index in [0.29, 0.717) is 23.7 Å². The van der Waals surface area contributed by atoms with E-state index in [1.807, 2.05) is 0 Å². The summed E-state index contributed by atoms with van der Waals surface area (Å²) in [5, 5.41) is 2.72. The molecule has 0 heterocycles. The largest absolute Gasteiger partial charge is 0.490 e. The zero-order valence-corrected chi connectivity index (χ0v) is 17.6. The second kappa shape index (κ2) is 9.44. The summed E-state index contributed by atoms with van der Waals surface area (Å²) in [6.45, 7) is 3.95. The Morgan fingerprint density at radius 2 is 1.77 bits per heavy atom. The fourth-order valence-electron chi connectivity index (χ4n) is 2.74. The summed E-state index contributed by atoms with van der Waals surface area (Å²) in [4.78, 5) is 12.6. The molecular formula is C23H21FN2O4S. The van der Waals surface area contributed by atoms with Crippen molar-refractivity contribution in [3.8, 4) is 5.75 Å². The molecule has 0 bridgehead atoms. The van der Waals surface area contributed by atoms with Crippen molar-refractivity contribution in [2.45, 2.75) is 4.90 Å². The number of benzene rings is 3. The van der Waals surface area contributed by atoms with Crippen molar-refractivity contribution in [2.24, 2.45) is 0 Å². The molecule has 1 N–H and O–H groups in total. The second-order valence-electron chi connectivity index (χ2n) is 6.55. The first-order valence-corrected chi connectivity index (χ1v) is 10.7. The number of nitrogens with one attached hydrogen (secondary N) is 1. The summed E-state index contributed by atoms with van der Waals surface area (Å²) >= 11 is 0. The summed E-state index contributed by atoms with van der Waals surface area (Å²) in [6.07, 6.45) is 1.63. The average molecular weight is 440 g/mol. The number of ether oxygens (including phenoxy) is 1. The number of carbonyl (C=O) groups excluding carboxylic acids is 1. The number of amides is 1. The van der Waals surface area contributed by atoms with Gasteiger partial charge in [-0.05, 0) is 66.7 Å². The van der Waals surface area contributed by atoms with Crippen molar-refractivity contribution in [1.29, 1.82) is 0 Å². The Kier molecular flexibility index (Phi) is 6.71. The quantitative estimate of drug-likeness (QED) is 0.525. The zero-order valence-electron chi connectivity index (χ0n) is 16.8. The van der Waals surface area contributed by atoms with Crippen LogP contribution in [0.3, 0.4) is 0 Å². The first kappa shape index (κ1) is 22.0. The van der Waals surface area contributed by atoms with E-state index in [1.165, 1.54) is 55.6 Å². The Labute approximate surface area is 180 Å². The van der Waals surface area contributed by atoms with Gasteiger partial charge in [0.05, 0.1) is 10.6 Å². The molecule has 0 fully saturated rings. The Morgan fingerprint density at radius 3 is 2.42 bits per heavy atom. The lowest BCUT2D eigenvalue weighted by atomic mass is 10.2. The topological polar surface area (TPSA) is 75.7 Å². The van der Waals surface area contributed by atoms with E-state index >= 15 is 0 Å². The third kappa shape index (κ3) is 5.29. The van der Waals surface area contributed by atoms with Crippen LogP contribution >= 0.6 is 0 Å². The van der Waals surface area contributed by atoms with E-state index in [9.17, 15) is 17.6 Å². The molecule has 0 aromatic heterocycles. The lowest BCUT2D eigenvalue weighted by molar-refractivity contribution is 0.102. The van der Waals surface area contributed by atoms with Crippen LogP contribution in [0.4, 0.5) is 15.8 Å². The highest BCUT2D eigenvalue weighted by atomic mass is 32.2. The number of carbonyl (C=O) groups is 1. The van der Waals surface area contributed by atoms with Crippen molar-refractivity contribution in [2.75, 3.05) is 23.3 Å². The minimum Gasteiger partial charge on any atom is -0.490 e. The number of halogens is 1. The highest BCUT2D eigenvalue weighted by Gasteiger charge is 2.22. The van der Waals surface area contributed by atoms with E-state index in [1.54, 1.807) is 30.3 Å². The van der Waals surface area contributed by atoms with E-state index in [2.05, 4.69) is 11.9 Å². The van der Waals surface area contributed by atoms with Crippen LogP contribution in [-0.4, -0.2) is 28.0 Å². The molecule has 3 aromatic rings. The molecule has 3 aromatic carbocycles. The van der Waals surface area contributed by atoms with Gasteiger partial charge in [-0.25, -0.2) is 12.8 Å². The number of sulfonamides is 1.